The minimum atomic E-state index is -1.36. The number of rotatable bonds is 7. The van der Waals surface area contributed by atoms with Crippen LogP contribution in [0.25, 0.3) is 11.5 Å². The first-order chi connectivity index (χ1) is 15.0. The summed E-state index contributed by atoms with van der Waals surface area (Å²) in [5.74, 6) is 1.20. The number of hydrogen-bond donors (Lipinski definition) is 0. The molecule has 0 spiro atoms. The van der Waals surface area contributed by atoms with Gasteiger partial charge in [0.1, 0.15) is 11.5 Å². The third-order valence-corrected chi connectivity index (χ3v) is 7.16. The molecule has 0 N–H and O–H groups in total. The fraction of sp³-hybridized carbons (Fsp3) is 0.320. The van der Waals surface area contributed by atoms with E-state index in [1.807, 2.05) is 49.4 Å². The maximum absolute atomic E-state index is 12.8. The fourth-order valence-corrected chi connectivity index (χ4v) is 5.24. The second kappa shape index (κ2) is 8.99. The average molecular weight is 433 g/mol. The van der Waals surface area contributed by atoms with Crippen molar-refractivity contribution in [1.29, 1.82) is 5.26 Å². The van der Waals surface area contributed by atoms with Crippen LogP contribution in [-0.4, -0.2) is 20.7 Å². The van der Waals surface area contributed by atoms with Crippen molar-refractivity contribution >= 4 is 16.6 Å². The topological polar surface area (TPSA) is 84.0 Å². The Hall–Kier alpha value is -3.04. The third-order valence-electron chi connectivity index (χ3n) is 5.96. The zero-order chi connectivity index (χ0) is 22.0. The van der Waals surface area contributed by atoms with Crippen molar-refractivity contribution in [2.24, 2.45) is 5.92 Å². The highest BCUT2D eigenvalue weighted by Crippen LogP contribution is 2.44. The van der Waals surface area contributed by atoms with E-state index >= 15 is 0 Å². The van der Waals surface area contributed by atoms with Gasteiger partial charge in [-0.1, -0.05) is 35.9 Å². The Balaban J connectivity index is 1.41. The first-order valence-corrected chi connectivity index (χ1v) is 11.8. The molecule has 0 bridgehead atoms. The minimum absolute atomic E-state index is 0.00204. The van der Waals surface area contributed by atoms with Crippen molar-refractivity contribution in [2.45, 2.75) is 38.4 Å². The Morgan fingerprint density at radius 2 is 1.90 bits per heavy atom. The van der Waals surface area contributed by atoms with Crippen LogP contribution in [0.15, 0.2) is 52.9 Å². The van der Waals surface area contributed by atoms with E-state index in [0.29, 0.717) is 22.9 Å². The van der Waals surface area contributed by atoms with Crippen LogP contribution in [0.1, 0.15) is 46.9 Å². The molecule has 0 saturated heterocycles. The molecule has 3 atom stereocenters. The summed E-state index contributed by atoms with van der Waals surface area (Å²) in [7, 11) is -1.36. The molecule has 1 aliphatic rings. The Kier molecular flexibility index (Phi) is 6.15. The predicted octanol–water partition coefficient (Wildman–Crippen LogP) is 4.84. The second-order valence-corrected chi connectivity index (χ2v) is 9.53. The molecule has 2 aromatic carbocycles. The molecule has 3 aromatic rings. The molecule has 0 radical (unpaired) electrons. The number of Topliss-reactive ketones (excluding diaryl/α,β-unsaturated/α-hetero) is 1. The normalized spacial score (nSPS) is 18.7. The lowest BCUT2D eigenvalue weighted by Crippen LogP contribution is -2.34. The van der Waals surface area contributed by atoms with Crippen LogP contribution in [0.3, 0.4) is 0 Å². The van der Waals surface area contributed by atoms with Crippen LogP contribution in [0.2, 0.25) is 0 Å². The first-order valence-electron chi connectivity index (χ1n) is 10.4. The highest BCUT2D eigenvalue weighted by molar-refractivity contribution is 7.84. The van der Waals surface area contributed by atoms with E-state index in [-0.39, 0.29) is 29.1 Å². The molecule has 158 valence electrons. The molecule has 6 heteroatoms. The second-order valence-electron chi connectivity index (χ2n) is 8.07. The summed E-state index contributed by atoms with van der Waals surface area (Å²) < 4.78 is 18.5. The van der Waals surface area contributed by atoms with Crippen LogP contribution in [0.4, 0.5) is 0 Å². The van der Waals surface area contributed by atoms with Gasteiger partial charge in [-0.05, 0) is 56.4 Å². The van der Waals surface area contributed by atoms with Gasteiger partial charge in [0.15, 0.2) is 0 Å². The van der Waals surface area contributed by atoms with Gasteiger partial charge in [0.05, 0.1) is 28.8 Å². The fourth-order valence-electron chi connectivity index (χ4n) is 4.03. The molecule has 0 amide bonds. The number of benzene rings is 2. The van der Waals surface area contributed by atoms with E-state index in [4.69, 9.17) is 4.42 Å². The summed E-state index contributed by atoms with van der Waals surface area (Å²) in [5.41, 5.74) is 4.19. The lowest BCUT2D eigenvalue weighted by atomic mass is 9.67. The molecule has 3 unspecified atom stereocenters. The first kappa shape index (κ1) is 21.2. The van der Waals surface area contributed by atoms with Gasteiger partial charge in [-0.2, -0.15) is 5.26 Å². The van der Waals surface area contributed by atoms with Gasteiger partial charge in [-0.3, -0.25) is 9.00 Å². The van der Waals surface area contributed by atoms with Gasteiger partial charge >= 0.3 is 0 Å². The number of hydrogen-bond acceptors (Lipinski definition) is 5. The predicted molar refractivity (Wildman–Crippen MR) is 120 cm³/mol. The van der Waals surface area contributed by atoms with Crippen molar-refractivity contribution in [3.8, 4) is 17.5 Å². The van der Waals surface area contributed by atoms with Crippen molar-refractivity contribution in [1.82, 2.24) is 4.98 Å². The van der Waals surface area contributed by atoms with Gasteiger partial charge in [-0.15, -0.1) is 0 Å². The molecule has 1 fully saturated rings. The van der Waals surface area contributed by atoms with Crippen LogP contribution >= 0.6 is 0 Å². The molecule has 0 aliphatic heterocycles. The Morgan fingerprint density at radius 3 is 2.58 bits per heavy atom. The van der Waals surface area contributed by atoms with Crippen molar-refractivity contribution in [3.63, 3.8) is 0 Å². The van der Waals surface area contributed by atoms with E-state index in [9.17, 15) is 14.3 Å². The number of nitriles is 1. The Morgan fingerprint density at radius 1 is 1.16 bits per heavy atom. The summed E-state index contributed by atoms with van der Waals surface area (Å²) in [5, 5.41) is 9.35. The third kappa shape index (κ3) is 4.52. The van der Waals surface area contributed by atoms with E-state index in [1.54, 1.807) is 13.0 Å². The zero-order valence-corrected chi connectivity index (χ0v) is 18.4. The number of carbonyl (C=O) groups is 1. The van der Waals surface area contributed by atoms with E-state index in [2.05, 4.69) is 11.1 Å². The highest BCUT2D eigenvalue weighted by atomic mass is 32.2. The largest absolute Gasteiger partial charge is 0.441 e. The molecule has 5 nitrogen and oxygen atoms in total. The summed E-state index contributed by atoms with van der Waals surface area (Å²) in [6, 6.07) is 17.5. The summed E-state index contributed by atoms with van der Waals surface area (Å²) >= 11 is 0. The van der Waals surface area contributed by atoms with Crippen molar-refractivity contribution in [2.75, 3.05) is 5.75 Å². The summed E-state index contributed by atoms with van der Waals surface area (Å²) in [6.07, 6.45) is 1.66. The number of aryl methyl sites for hydroxylation is 2. The quantitative estimate of drug-likeness (QED) is 0.533. The number of carbonyl (C=O) groups excluding carboxylic acids is 1. The zero-order valence-electron chi connectivity index (χ0n) is 17.6. The van der Waals surface area contributed by atoms with Crippen LogP contribution in [0.5, 0.6) is 0 Å². The highest BCUT2D eigenvalue weighted by Gasteiger charge is 2.38. The molecule has 4 rings (SSSR count). The van der Waals surface area contributed by atoms with Gasteiger partial charge in [-0.25, -0.2) is 4.98 Å². The summed E-state index contributed by atoms with van der Waals surface area (Å²) in [6.45, 7) is 3.82. The van der Waals surface area contributed by atoms with E-state index in [1.165, 1.54) is 0 Å². The average Bonchev–Trinajstić information content (AvgIpc) is 3.08. The van der Waals surface area contributed by atoms with E-state index in [0.717, 1.165) is 29.5 Å². The van der Waals surface area contributed by atoms with Gasteiger partial charge in [0.25, 0.3) is 0 Å². The van der Waals surface area contributed by atoms with Crippen LogP contribution in [0, 0.1) is 31.1 Å². The van der Waals surface area contributed by atoms with Gasteiger partial charge in [0.2, 0.25) is 5.89 Å². The molecule has 1 aromatic heterocycles. The number of nitrogens with zero attached hydrogens (tertiary/aromatic N) is 2. The molecule has 1 heterocycles. The van der Waals surface area contributed by atoms with Crippen molar-refractivity contribution in [3.05, 3.63) is 76.7 Å². The maximum atomic E-state index is 12.8. The molecule has 1 aliphatic carbocycles. The minimum Gasteiger partial charge on any atom is -0.441 e. The SMILES string of the molecule is Cc1ccc(-c2nc(CS(=O)CC(=O)C3CCC3c3ccccc3C#N)c(C)o2)cc1. The molecular weight excluding hydrogens is 408 g/mol. The number of oxazole rings is 1. The smallest absolute Gasteiger partial charge is 0.226 e. The van der Waals surface area contributed by atoms with Crippen molar-refractivity contribution < 1.29 is 13.4 Å². The van der Waals surface area contributed by atoms with Crippen LogP contribution in [-0.2, 0) is 21.3 Å². The molecular formula is C25H24N2O3S. The van der Waals surface area contributed by atoms with E-state index < -0.39 is 10.8 Å². The van der Waals surface area contributed by atoms with Gasteiger partial charge < -0.3 is 4.42 Å². The lowest BCUT2D eigenvalue weighted by Gasteiger charge is -2.36. The molecule has 1 saturated carbocycles. The standard InChI is InChI=1S/C25H24N2O3S/c1-16-7-9-18(10-8-16)25-27-23(17(2)30-25)14-31(29)15-24(28)22-12-11-21(22)20-6-4-3-5-19(20)13-26/h3-10,21-22H,11-12,14-15H2,1-2H3. The molecule has 31 heavy (non-hydrogen) atoms. The van der Waals surface area contributed by atoms with Gasteiger partial charge in [0, 0.05) is 22.3 Å². The Labute approximate surface area is 184 Å². The van der Waals surface area contributed by atoms with Crippen LogP contribution < -0.4 is 0 Å². The summed E-state index contributed by atoms with van der Waals surface area (Å²) in [4.78, 5) is 17.3. The Bertz CT molecular complexity index is 1170. The monoisotopic (exact) mass is 432 g/mol. The number of ketones is 1. The lowest BCUT2D eigenvalue weighted by molar-refractivity contribution is -0.123. The maximum Gasteiger partial charge on any atom is 0.226 e. The number of aromatic nitrogens is 1.